The van der Waals surface area contributed by atoms with E-state index in [2.05, 4.69) is 4.98 Å². The second-order valence-corrected chi connectivity index (χ2v) is 4.82. The number of aromatic amines is 1. The number of nitrogens with one attached hydrogen (secondary N) is 1. The van der Waals surface area contributed by atoms with Gasteiger partial charge in [0.05, 0.1) is 11.3 Å². The summed E-state index contributed by atoms with van der Waals surface area (Å²) < 4.78 is 5.23. The molecule has 17 heavy (non-hydrogen) atoms. The molecule has 3 N–H and O–H groups in total. The highest BCUT2D eigenvalue weighted by atomic mass is 16.6. The molecule has 0 atom stereocenters. The molecular weight excluding hydrogens is 220 g/mol. The van der Waals surface area contributed by atoms with Crippen LogP contribution >= 0.6 is 0 Å². The summed E-state index contributed by atoms with van der Waals surface area (Å²) in [6.07, 6.45) is 1.47. The molecule has 0 spiro atoms. The topological polar surface area (TPSA) is 85.2 Å². The first-order valence-electron chi connectivity index (χ1n) is 5.41. The van der Waals surface area contributed by atoms with Crippen molar-refractivity contribution in [3.8, 4) is 0 Å². The highest BCUT2D eigenvalue weighted by Gasteiger charge is 2.23. The van der Waals surface area contributed by atoms with Crippen molar-refractivity contribution >= 4 is 11.8 Å². The molecule has 0 radical (unpaired) electrons. The predicted octanol–water partition coefficient (Wildman–Crippen LogP) is 1.63. The van der Waals surface area contributed by atoms with Crippen LogP contribution in [0.25, 0.3) is 0 Å². The molecule has 0 aliphatic carbocycles. The van der Waals surface area contributed by atoms with E-state index in [4.69, 9.17) is 10.5 Å². The van der Waals surface area contributed by atoms with Crippen LogP contribution < -0.4 is 5.73 Å². The third kappa shape index (κ3) is 3.17. The van der Waals surface area contributed by atoms with Gasteiger partial charge < -0.3 is 15.5 Å². The van der Waals surface area contributed by atoms with Crippen molar-refractivity contribution in [3.05, 3.63) is 23.0 Å². The van der Waals surface area contributed by atoms with Gasteiger partial charge in [0.15, 0.2) is 5.78 Å². The SMILES string of the molecule is CC(=O)c1[nH]cc(C(=O)OC(C)(C)C)c1CN. The Labute approximate surface area is 100 Å². The zero-order valence-electron chi connectivity index (χ0n) is 10.6. The lowest BCUT2D eigenvalue weighted by atomic mass is 10.1. The third-order valence-corrected chi connectivity index (χ3v) is 2.16. The smallest absolute Gasteiger partial charge is 0.340 e. The molecule has 5 nitrogen and oxygen atoms in total. The molecule has 94 valence electrons. The number of hydrogen-bond acceptors (Lipinski definition) is 4. The molecule has 0 unspecified atom stereocenters. The molecule has 0 saturated carbocycles. The zero-order chi connectivity index (χ0) is 13.2. The van der Waals surface area contributed by atoms with Crippen LogP contribution in [0.15, 0.2) is 6.20 Å². The number of ketones is 1. The minimum atomic E-state index is -0.573. The predicted molar refractivity (Wildman–Crippen MR) is 63.9 cm³/mol. The number of rotatable bonds is 3. The maximum Gasteiger partial charge on any atom is 0.340 e. The fourth-order valence-electron chi connectivity index (χ4n) is 1.49. The third-order valence-electron chi connectivity index (χ3n) is 2.16. The Bertz CT molecular complexity index is 441. The van der Waals surface area contributed by atoms with E-state index in [1.54, 1.807) is 20.8 Å². The number of Topliss-reactive ketones (excluding diaryl/α,β-unsaturated/α-hetero) is 1. The molecule has 0 amide bonds. The number of carbonyl (C=O) groups is 2. The van der Waals surface area contributed by atoms with Crippen molar-refractivity contribution in [2.75, 3.05) is 0 Å². The average molecular weight is 238 g/mol. The van der Waals surface area contributed by atoms with Crippen molar-refractivity contribution in [3.63, 3.8) is 0 Å². The number of aromatic nitrogens is 1. The standard InChI is InChI=1S/C12H18N2O3/c1-7(15)10-8(5-13)9(6-14-10)11(16)17-12(2,3)4/h6,14H,5,13H2,1-4H3. The van der Waals surface area contributed by atoms with E-state index in [1.165, 1.54) is 13.1 Å². The van der Waals surface area contributed by atoms with Gasteiger partial charge in [-0.05, 0) is 20.8 Å². The van der Waals surface area contributed by atoms with Crippen molar-refractivity contribution < 1.29 is 14.3 Å². The Morgan fingerprint density at radius 2 is 2.00 bits per heavy atom. The highest BCUT2D eigenvalue weighted by molar-refractivity contribution is 5.99. The Morgan fingerprint density at radius 1 is 1.41 bits per heavy atom. The van der Waals surface area contributed by atoms with E-state index >= 15 is 0 Å². The van der Waals surface area contributed by atoms with Crippen LogP contribution in [0.5, 0.6) is 0 Å². The lowest BCUT2D eigenvalue weighted by Crippen LogP contribution is -2.24. The van der Waals surface area contributed by atoms with Gasteiger partial charge in [0.1, 0.15) is 5.60 Å². The number of H-pyrrole nitrogens is 1. The minimum Gasteiger partial charge on any atom is -0.456 e. The van der Waals surface area contributed by atoms with Gasteiger partial charge in [0, 0.05) is 25.2 Å². The molecule has 1 heterocycles. The van der Waals surface area contributed by atoms with Crippen LogP contribution in [0.2, 0.25) is 0 Å². The first-order valence-corrected chi connectivity index (χ1v) is 5.41. The minimum absolute atomic E-state index is 0.118. The summed E-state index contributed by atoms with van der Waals surface area (Å²) in [5, 5.41) is 0. The van der Waals surface area contributed by atoms with Crippen molar-refractivity contribution in [2.45, 2.75) is 39.8 Å². The molecule has 5 heteroatoms. The Morgan fingerprint density at radius 3 is 2.41 bits per heavy atom. The van der Waals surface area contributed by atoms with Crippen molar-refractivity contribution in [1.82, 2.24) is 4.98 Å². The van der Waals surface area contributed by atoms with Crippen LogP contribution in [0.3, 0.4) is 0 Å². The van der Waals surface area contributed by atoms with Crippen LogP contribution in [0, 0.1) is 0 Å². The molecule has 0 fully saturated rings. The number of esters is 1. The molecule has 0 bridgehead atoms. The quantitative estimate of drug-likeness (QED) is 0.619. The molecule has 0 aliphatic heterocycles. The van der Waals surface area contributed by atoms with E-state index in [9.17, 15) is 9.59 Å². The molecule has 1 aromatic rings. The first-order chi connectivity index (χ1) is 7.76. The summed E-state index contributed by atoms with van der Waals surface area (Å²) in [6.45, 7) is 6.89. The first kappa shape index (κ1) is 13.4. The van der Waals surface area contributed by atoms with Crippen molar-refractivity contribution in [2.24, 2.45) is 5.73 Å². The average Bonchev–Trinajstić information content (AvgIpc) is 2.57. The van der Waals surface area contributed by atoms with E-state index in [1.807, 2.05) is 0 Å². The summed E-state index contributed by atoms with van der Waals surface area (Å²) in [5.41, 5.74) is 6.18. The Kier molecular flexibility index (Phi) is 3.72. The van der Waals surface area contributed by atoms with Gasteiger partial charge in [-0.15, -0.1) is 0 Å². The van der Waals surface area contributed by atoms with Crippen molar-refractivity contribution in [1.29, 1.82) is 0 Å². The summed E-state index contributed by atoms with van der Waals surface area (Å²) >= 11 is 0. The van der Waals surface area contributed by atoms with Gasteiger partial charge in [0.2, 0.25) is 0 Å². The molecule has 1 rings (SSSR count). The summed E-state index contributed by atoms with van der Waals surface area (Å²) in [4.78, 5) is 25.9. The van der Waals surface area contributed by atoms with Gasteiger partial charge in [-0.1, -0.05) is 0 Å². The van der Waals surface area contributed by atoms with Gasteiger partial charge in [-0.2, -0.15) is 0 Å². The van der Waals surface area contributed by atoms with Gasteiger partial charge in [-0.3, -0.25) is 4.79 Å². The van der Waals surface area contributed by atoms with E-state index in [0.717, 1.165) is 0 Å². The molecule has 0 saturated heterocycles. The largest absolute Gasteiger partial charge is 0.456 e. The fraction of sp³-hybridized carbons (Fsp3) is 0.500. The highest BCUT2D eigenvalue weighted by Crippen LogP contribution is 2.18. The summed E-state index contributed by atoms with van der Waals surface area (Å²) in [5.74, 6) is -0.623. The normalized spacial score (nSPS) is 11.4. The van der Waals surface area contributed by atoms with Crippen LogP contribution in [-0.4, -0.2) is 22.3 Å². The van der Waals surface area contributed by atoms with Gasteiger partial charge in [0.25, 0.3) is 0 Å². The summed E-state index contributed by atoms with van der Waals surface area (Å²) in [6, 6.07) is 0. The van der Waals surface area contributed by atoms with E-state index < -0.39 is 11.6 Å². The van der Waals surface area contributed by atoms with Gasteiger partial charge in [-0.25, -0.2) is 4.79 Å². The number of ether oxygens (including phenoxy) is 1. The lowest BCUT2D eigenvalue weighted by Gasteiger charge is -2.19. The lowest BCUT2D eigenvalue weighted by molar-refractivity contribution is 0.00686. The summed E-state index contributed by atoms with van der Waals surface area (Å²) in [7, 11) is 0. The number of carbonyl (C=O) groups excluding carboxylic acids is 2. The fourth-order valence-corrected chi connectivity index (χ4v) is 1.49. The maximum absolute atomic E-state index is 11.9. The Balaban J connectivity index is 3.07. The number of hydrogen-bond donors (Lipinski definition) is 2. The van der Waals surface area contributed by atoms with E-state index in [0.29, 0.717) is 16.8 Å². The monoisotopic (exact) mass is 238 g/mol. The second-order valence-electron chi connectivity index (χ2n) is 4.82. The Hall–Kier alpha value is -1.62. The van der Waals surface area contributed by atoms with Crippen LogP contribution in [0.1, 0.15) is 54.1 Å². The number of nitrogens with two attached hydrogens (primary N) is 1. The molecular formula is C12H18N2O3. The van der Waals surface area contributed by atoms with Gasteiger partial charge >= 0.3 is 5.97 Å². The van der Waals surface area contributed by atoms with E-state index in [-0.39, 0.29) is 12.3 Å². The van der Waals surface area contributed by atoms with Crippen LogP contribution in [0.4, 0.5) is 0 Å². The molecule has 0 aromatic carbocycles. The zero-order valence-corrected chi connectivity index (χ0v) is 10.6. The van der Waals surface area contributed by atoms with Crippen LogP contribution in [-0.2, 0) is 11.3 Å². The second kappa shape index (κ2) is 4.71. The molecule has 1 aromatic heterocycles. The molecule has 0 aliphatic rings. The maximum atomic E-state index is 11.9.